The fourth-order valence-electron chi connectivity index (χ4n) is 4.32. The summed E-state index contributed by atoms with van der Waals surface area (Å²) in [6, 6.07) is 12.2. The molecule has 3 heterocycles. The Morgan fingerprint density at radius 1 is 1.12 bits per heavy atom. The van der Waals surface area contributed by atoms with Crippen LogP contribution in [0.3, 0.4) is 0 Å². The van der Waals surface area contributed by atoms with Gasteiger partial charge in [-0.05, 0) is 47.4 Å². The summed E-state index contributed by atoms with van der Waals surface area (Å²) in [6.07, 6.45) is 8.05. The minimum absolute atomic E-state index is 0.0751. The largest absolute Gasteiger partial charge is 0.486 e. The lowest BCUT2D eigenvalue weighted by Crippen LogP contribution is -2.36. The summed E-state index contributed by atoms with van der Waals surface area (Å²) < 4.78 is 11.4. The van der Waals surface area contributed by atoms with Gasteiger partial charge in [-0.15, -0.1) is 0 Å². The number of dihydropyridines is 1. The van der Waals surface area contributed by atoms with Crippen LogP contribution in [0.15, 0.2) is 70.3 Å². The number of anilines is 1. The number of hydrogen-bond acceptors (Lipinski definition) is 7. The molecule has 170 valence electrons. The molecule has 0 aliphatic carbocycles. The molecule has 7 heteroatoms. The van der Waals surface area contributed by atoms with Crippen LogP contribution in [0.1, 0.15) is 5.56 Å². The molecule has 0 aromatic heterocycles. The van der Waals surface area contributed by atoms with Crippen molar-refractivity contribution in [2.24, 2.45) is 15.9 Å². The van der Waals surface area contributed by atoms with Crippen LogP contribution >= 0.6 is 0 Å². The van der Waals surface area contributed by atoms with Crippen molar-refractivity contribution in [2.45, 2.75) is 13.0 Å². The lowest BCUT2D eigenvalue weighted by molar-refractivity contribution is 0.171. The van der Waals surface area contributed by atoms with Crippen molar-refractivity contribution in [3.05, 3.63) is 65.9 Å². The SMILES string of the molecule is Cc1c(NC2=NC=CC3C=C(CNCCO)C=NC23)cccc1-c1ccc2c(c1)OCCO2. The van der Waals surface area contributed by atoms with Crippen molar-refractivity contribution >= 4 is 17.7 Å². The number of aliphatic hydroxyl groups is 1. The first-order chi connectivity index (χ1) is 16.2. The van der Waals surface area contributed by atoms with Crippen molar-refractivity contribution in [2.75, 3.05) is 38.2 Å². The van der Waals surface area contributed by atoms with Crippen molar-refractivity contribution in [3.8, 4) is 22.6 Å². The van der Waals surface area contributed by atoms with E-state index in [0.717, 1.165) is 45.3 Å². The average molecular weight is 445 g/mol. The Morgan fingerprint density at radius 2 is 2.00 bits per heavy atom. The number of aliphatic imine (C=N–C) groups is 2. The van der Waals surface area contributed by atoms with Crippen LogP contribution in [-0.2, 0) is 0 Å². The fraction of sp³-hybridized carbons (Fsp3) is 0.308. The van der Waals surface area contributed by atoms with E-state index >= 15 is 0 Å². The van der Waals surface area contributed by atoms with E-state index in [0.29, 0.717) is 26.3 Å². The molecule has 0 amide bonds. The van der Waals surface area contributed by atoms with Gasteiger partial charge in [0.1, 0.15) is 25.1 Å². The highest BCUT2D eigenvalue weighted by atomic mass is 16.6. The normalized spacial score (nSPS) is 20.7. The van der Waals surface area contributed by atoms with Crippen molar-refractivity contribution in [1.82, 2.24) is 5.32 Å². The summed E-state index contributed by atoms with van der Waals surface area (Å²) in [5, 5.41) is 15.7. The van der Waals surface area contributed by atoms with Gasteiger partial charge in [0.2, 0.25) is 0 Å². The molecule has 2 unspecified atom stereocenters. The number of aliphatic hydroxyl groups excluding tert-OH is 1. The standard InChI is InChI=1S/C26H28N4O3/c1-17-21(19-5-6-23-24(14-19)33-12-11-32-23)3-2-4-22(17)30-26-25-20(7-8-28-26)13-18(16-29-25)15-27-9-10-31/h2-8,13-14,16,20,25,27,31H,9-12,15H2,1H3,(H,28,30). The maximum atomic E-state index is 8.96. The Hall–Kier alpha value is -3.42. The van der Waals surface area contributed by atoms with Gasteiger partial charge < -0.3 is 25.2 Å². The van der Waals surface area contributed by atoms with Crippen LogP contribution in [0.2, 0.25) is 0 Å². The van der Waals surface area contributed by atoms with E-state index in [-0.39, 0.29) is 18.6 Å². The van der Waals surface area contributed by atoms with Crippen molar-refractivity contribution in [1.29, 1.82) is 0 Å². The molecule has 0 saturated carbocycles. The van der Waals surface area contributed by atoms with Gasteiger partial charge in [0.05, 0.1) is 6.61 Å². The number of nitrogens with zero attached hydrogens (tertiary/aromatic N) is 2. The third-order valence-electron chi connectivity index (χ3n) is 6.04. The van der Waals surface area contributed by atoms with Gasteiger partial charge in [-0.1, -0.05) is 30.4 Å². The average Bonchev–Trinajstić information content (AvgIpc) is 2.85. The Balaban J connectivity index is 1.35. The number of benzene rings is 2. The van der Waals surface area contributed by atoms with Crippen LogP contribution in [-0.4, -0.2) is 56.1 Å². The molecule has 0 radical (unpaired) electrons. The molecule has 3 aliphatic rings. The van der Waals surface area contributed by atoms with E-state index in [1.54, 1.807) is 0 Å². The number of nitrogens with one attached hydrogen (secondary N) is 2. The van der Waals surface area contributed by atoms with E-state index in [4.69, 9.17) is 19.6 Å². The number of rotatable bonds is 6. The highest BCUT2D eigenvalue weighted by Crippen LogP contribution is 2.37. The molecule has 5 rings (SSSR count). The van der Waals surface area contributed by atoms with Gasteiger partial charge >= 0.3 is 0 Å². The van der Waals surface area contributed by atoms with Crippen LogP contribution < -0.4 is 20.1 Å². The lowest BCUT2D eigenvalue weighted by Gasteiger charge is -2.28. The second-order valence-corrected chi connectivity index (χ2v) is 8.26. The molecular formula is C26H28N4O3. The van der Waals surface area contributed by atoms with Crippen LogP contribution in [0.4, 0.5) is 5.69 Å². The molecule has 2 aromatic rings. The summed E-state index contributed by atoms with van der Waals surface area (Å²) in [7, 11) is 0. The molecule has 33 heavy (non-hydrogen) atoms. The first-order valence-electron chi connectivity index (χ1n) is 11.3. The lowest BCUT2D eigenvalue weighted by atomic mass is 9.92. The molecule has 0 saturated heterocycles. The monoisotopic (exact) mass is 444 g/mol. The molecule has 3 N–H and O–H groups in total. The minimum Gasteiger partial charge on any atom is -0.486 e. The summed E-state index contributed by atoms with van der Waals surface area (Å²) >= 11 is 0. The zero-order valence-corrected chi connectivity index (χ0v) is 18.6. The highest BCUT2D eigenvalue weighted by molar-refractivity contribution is 6.03. The predicted molar refractivity (Wildman–Crippen MR) is 132 cm³/mol. The maximum Gasteiger partial charge on any atom is 0.161 e. The third kappa shape index (κ3) is 4.55. The zero-order chi connectivity index (χ0) is 22.6. The predicted octanol–water partition coefficient (Wildman–Crippen LogP) is 3.35. The van der Waals surface area contributed by atoms with E-state index in [2.05, 4.69) is 52.9 Å². The van der Waals surface area contributed by atoms with E-state index < -0.39 is 0 Å². The molecule has 7 nitrogen and oxygen atoms in total. The molecule has 2 aromatic carbocycles. The Labute approximate surface area is 193 Å². The molecular weight excluding hydrogens is 416 g/mol. The van der Waals surface area contributed by atoms with Crippen LogP contribution in [0.25, 0.3) is 11.1 Å². The number of hydrogen-bond donors (Lipinski definition) is 3. The van der Waals surface area contributed by atoms with Crippen molar-refractivity contribution < 1.29 is 14.6 Å². The Morgan fingerprint density at radius 3 is 2.88 bits per heavy atom. The van der Waals surface area contributed by atoms with Gasteiger partial charge in [0.15, 0.2) is 11.5 Å². The van der Waals surface area contributed by atoms with E-state index in [1.165, 1.54) is 0 Å². The summed E-state index contributed by atoms with van der Waals surface area (Å²) in [4.78, 5) is 9.38. The first-order valence-corrected chi connectivity index (χ1v) is 11.3. The Bertz CT molecular complexity index is 1150. The van der Waals surface area contributed by atoms with Gasteiger partial charge in [0, 0.05) is 37.1 Å². The topological polar surface area (TPSA) is 87.5 Å². The second kappa shape index (κ2) is 9.60. The summed E-state index contributed by atoms with van der Waals surface area (Å²) in [6.45, 7) is 4.66. The maximum absolute atomic E-state index is 8.96. The van der Waals surface area contributed by atoms with Crippen LogP contribution in [0.5, 0.6) is 11.5 Å². The van der Waals surface area contributed by atoms with Crippen LogP contribution in [0, 0.1) is 12.8 Å². The smallest absolute Gasteiger partial charge is 0.161 e. The zero-order valence-electron chi connectivity index (χ0n) is 18.6. The molecule has 0 fully saturated rings. The molecule has 0 spiro atoms. The highest BCUT2D eigenvalue weighted by Gasteiger charge is 2.28. The van der Waals surface area contributed by atoms with E-state index in [1.807, 2.05) is 30.6 Å². The van der Waals surface area contributed by atoms with Gasteiger partial charge in [0.25, 0.3) is 0 Å². The summed E-state index contributed by atoms with van der Waals surface area (Å²) in [5.74, 6) is 2.57. The summed E-state index contributed by atoms with van der Waals surface area (Å²) in [5.41, 5.74) is 5.47. The first kappa shape index (κ1) is 21.4. The molecule has 2 atom stereocenters. The molecule has 3 aliphatic heterocycles. The number of amidine groups is 1. The van der Waals surface area contributed by atoms with E-state index in [9.17, 15) is 0 Å². The number of ether oxygens (including phenoxy) is 2. The molecule has 0 bridgehead atoms. The number of fused-ring (bicyclic) bond motifs is 2. The fourth-order valence-corrected chi connectivity index (χ4v) is 4.32. The second-order valence-electron chi connectivity index (χ2n) is 8.26. The van der Waals surface area contributed by atoms with Gasteiger partial charge in [-0.25, -0.2) is 4.99 Å². The quantitative estimate of drug-likeness (QED) is 0.595. The Kier molecular flexibility index (Phi) is 6.24. The third-order valence-corrected chi connectivity index (χ3v) is 6.04. The van der Waals surface area contributed by atoms with Gasteiger partial charge in [-0.3, -0.25) is 4.99 Å². The minimum atomic E-state index is -0.0751. The van der Waals surface area contributed by atoms with Crippen molar-refractivity contribution in [3.63, 3.8) is 0 Å². The van der Waals surface area contributed by atoms with Gasteiger partial charge in [-0.2, -0.15) is 0 Å².